The zero-order valence-corrected chi connectivity index (χ0v) is 9.57. The van der Waals surface area contributed by atoms with Crippen LogP contribution in [0.25, 0.3) is 0 Å². The minimum absolute atomic E-state index is 0.0544. The highest BCUT2D eigenvalue weighted by Crippen LogP contribution is 2.51. The number of rotatable bonds is 7. The zero-order valence-electron chi connectivity index (χ0n) is 8.67. The van der Waals surface area contributed by atoms with E-state index in [1.807, 2.05) is 0 Å². The van der Waals surface area contributed by atoms with Crippen molar-refractivity contribution >= 4 is 13.5 Å². The molecule has 0 heterocycles. The van der Waals surface area contributed by atoms with Gasteiger partial charge in [0.2, 0.25) is 0 Å². The largest absolute Gasteiger partial charge is 0.377 e. The van der Waals surface area contributed by atoms with Crippen LogP contribution < -0.4 is 5.73 Å². The topological polar surface area (TPSA) is 119 Å². The number of hydrogen-bond acceptors (Lipinski definition) is 4. The molecule has 1 atom stereocenters. The van der Waals surface area contributed by atoms with E-state index in [4.69, 9.17) is 25.0 Å². The van der Waals surface area contributed by atoms with E-state index in [0.29, 0.717) is 0 Å². The van der Waals surface area contributed by atoms with Gasteiger partial charge < -0.3 is 25.0 Å². The third-order valence-electron chi connectivity index (χ3n) is 1.74. The first-order valence-corrected chi connectivity index (χ1v) is 6.00. The molecule has 4 N–H and O–H groups in total. The summed E-state index contributed by atoms with van der Waals surface area (Å²) in [5.74, 6) is -1.23. The van der Waals surface area contributed by atoms with Crippen LogP contribution in [0.1, 0.15) is 13.8 Å². The van der Waals surface area contributed by atoms with E-state index in [1.54, 1.807) is 6.92 Å². The summed E-state index contributed by atoms with van der Waals surface area (Å²) >= 11 is 0. The molecular formula is C7H16NO6P. The van der Waals surface area contributed by atoms with E-state index in [2.05, 4.69) is 0 Å². The van der Waals surface area contributed by atoms with Crippen LogP contribution in [-0.2, 0) is 18.8 Å². The van der Waals surface area contributed by atoms with Crippen molar-refractivity contribution in [3.05, 3.63) is 0 Å². The Balaban J connectivity index is 5.08. The Morgan fingerprint density at radius 3 is 2.20 bits per heavy atom. The van der Waals surface area contributed by atoms with E-state index in [-0.39, 0.29) is 13.2 Å². The first-order chi connectivity index (χ1) is 6.81. The van der Waals surface area contributed by atoms with Crippen molar-refractivity contribution < 1.29 is 28.6 Å². The van der Waals surface area contributed by atoms with Crippen molar-refractivity contribution in [1.82, 2.24) is 0 Å². The van der Waals surface area contributed by atoms with Crippen molar-refractivity contribution in [2.45, 2.75) is 19.2 Å². The summed E-state index contributed by atoms with van der Waals surface area (Å²) in [5.41, 5.74) is 4.95. The molecule has 8 heteroatoms. The van der Waals surface area contributed by atoms with Gasteiger partial charge in [0.15, 0.2) is 0 Å². The molecule has 0 radical (unpaired) electrons. The summed E-state index contributed by atoms with van der Waals surface area (Å²) in [6.45, 7) is 2.71. The lowest BCUT2D eigenvalue weighted by Gasteiger charge is -2.30. The fourth-order valence-corrected chi connectivity index (χ4v) is 1.82. The van der Waals surface area contributed by atoms with Crippen molar-refractivity contribution in [3.63, 3.8) is 0 Å². The van der Waals surface area contributed by atoms with Crippen LogP contribution in [0.15, 0.2) is 0 Å². The van der Waals surface area contributed by atoms with Gasteiger partial charge in [0.05, 0.1) is 6.61 Å². The van der Waals surface area contributed by atoms with Gasteiger partial charge in [0.1, 0.15) is 0 Å². The molecule has 0 aromatic rings. The second-order valence-electron chi connectivity index (χ2n) is 2.76. The van der Waals surface area contributed by atoms with E-state index in [1.165, 1.54) is 6.92 Å². The Morgan fingerprint density at radius 2 is 1.93 bits per heavy atom. The SMILES string of the molecule is CCOCC(OCC)(C(N)=O)P(=O)(O)O. The molecule has 0 rings (SSSR count). The van der Waals surface area contributed by atoms with Gasteiger partial charge in [0.25, 0.3) is 11.2 Å². The quantitative estimate of drug-likeness (QED) is 0.513. The van der Waals surface area contributed by atoms with Crippen molar-refractivity contribution in [3.8, 4) is 0 Å². The Kier molecular flexibility index (Phi) is 5.41. The normalized spacial score (nSPS) is 16.0. The Bertz CT molecular complexity index is 264. The molecule has 0 bridgehead atoms. The number of amides is 1. The second kappa shape index (κ2) is 5.58. The molecule has 90 valence electrons. The number of nitrogens with two attached hydrogens (primary N) is 1. The minimum atomic E-state index is -4.83. The van der Waals surface area contributed by atoms with E-state index < -0.39 is 25.5 Å². The summed E-state index contributed by atoms with van der Waals surface area (Å²) in [6, 6.07) is 0. The molecule has 0 aliphatic heterocycles. The van der Waals surface area contributed by atoms with Gasteiger partial charge in [-0.05, 0) is 13.8 Å². The smallest absolute Gasteiger partial charge is 0.369 e. The minimum Gasteiger partial charge on any atom is -0.377 e. The maximum absolute atomic E-state index is 11.2. The van der Waals surface area contributed by atoms with Gasteiger partial charge in [-0.1, -0.05) is 0 Å². The lowest BCUT2D eigenvalue weighted by molar-refractivity contribution is -0.140. The summed E-state index contributed by atoms with van der Waals surface area (Å²) < 4.78 is 20.8. The van der Waals surface area contributed by atoms with E-state index in [9.17, 15) is 9.36 Å². The van der Waals surface area contributed by atoms with E-state index >= 15 is 0 Å². The van der Waals surface area contributed by atoms with Crippen molar-refractivity contribution in [2.75, 3.05) is 19.8 Å². The van der Waals surface area contributed by atoms with Crippen LogP contribution in [0, 0.1) is 0 Å². The van der Waals surface area contributed by atoms with Crippen molar-refractivity contribution in [1.29, 1.82) is 0 Å². The molecule has 0 spiro atoms. The van der Waals surface area contributed by atoms with Crippen LogP contribution in [-0.4, -0.2) is 40.9 Å². The molecule has 7 nitrogen and oxygen atoms in total. The molecule has 0 aromatic heterocycles. The standard InChI is InChI=1S/C7H16NO6P/c1-3-13-5-7(6(8)9,14-4-2)15(10,11)12/h3-5H2,1-2H3,(H2,8,9)(H2,10,11,12). The van der Waals surface area contributed by atoms with Gasteiger partial charge in [-0.3, -0.25) is 9.36 Å². The molecule has 0 aliphatic rings. The molecule has 0 fully saturated rings. The number of ether oxygens (including phenoxy) is 2. The number of primary amides is 1. The van der Waals surface area contributed by atoms with Gasteiger partial charge in [-0.15, -0.1) is 0 Å². The fraction of sp³-hybridized carbons (Fsp3) is 0.857. The molecule has 0 saturated carbocycles. The maximum atomic E-state index is 11.2. The highest BCUT2D eigenvalue weighted by Gasteiger charge is 2.54. The molecule has 0 aliphatic carbocycles. The average Bonchev–Trinajstić information content (AvgIpc) is 2.09. The first-order valence-electron chi connectivity index (χ1n) is 4.39. The van der Waals surface area contributed by atoms with Crippen LogP contribution >= 0.6 is 7.60 Å². The fourth-order valence-electron chi connectivity index (χ4n) is 0.975. The van der Waals surface area contributed by atoms with Crippen LogP contribution in [0.5, 0.6) is 0 Å². The summed E-state index contributed by atoms with van der Waals surface area (Å²) in [7, 11) is -4.83. The Morgan fingerprint density at radius 1 is 1.40 bits per heavy atom. The van der Waals surface area contributed by atoms with Crippen molar-refractivity contribution in [2.24, 2.45) is 5.73 Å². The Labute approximate surface area is 87.7 Å². The average molecular weight is 241 g/mol. The zero-order chi connectivity index (χ0) is 12.1. The predicted molar refractivity (Wildman–Crippen MR) is 52.1 cm³/mol. The number of hydrogen-bond donors (Lipinski definition) is 3. The van der Waals surface area contributed by atoms with Crippen LogP contribution in [0.3, 0.4) is 0 Å². The first kappa shape index (κ1) is 14.5. The third-order valence-corrected chi connectivity index (χ3v) is 3.16. The predicted octanol–water partition coefficient (Wildman–Crippen LogP) is -0.581. The third kappa shape index (κ3) is 3.25. The van der Waals surface area contributed by atoms with Gasteiger partial charge in [0, 0.05) is 13.2 Å². The molecule has 0 saturated heterocycles. The molecule has 1 unspecified atom stereocenters. The summed E-state index contributed by atoms with van der Waals surface area (Å²) in [5, 5.41) is -2.38. The van der Waals surface area contributed by atoms with Crippen LogP contribution in [0.4, 0.5) is 0 Å². The molecule has 15 heavy (non-hydrogen) atoms. The monoisotopic (exact) mass is 241 g/mol. The highest BCUT2D eigenvalue weighted by molar-refractivity contribution is 7.54. The summed E-state index contributed by atoms with van der Waals surface area (Å²) in [4.78, 5) is 29.2. The molecule has 1 amide bonds. The molecular weight excluding hydrogens is 225 g/mol. The molecule has 0 aromatic carbocycles. The summed E-state index contributed by atoms with van der Waals surface area (Å²) in [6.07, 6.45) is 0. The second-order valence-corrected chi connectivity index (χ2v) is 4.57. The Hall–Kier alpha value is -0.460. The lowest BCUT2D eigenvalue weighted by Crippen LogP contribution is -2.49. The highest BCUT2D eigenvalue weighted by atomic mass is 31.2. The number of carbonyl (C=O) groups excluding carboxylic acids is 1. The van der Waals surface area contributed by atoms with Gasteiger partial charge in [-0.2, -0.15) is 0 Å². The van der Waals surface area contributed by atoms with Gasteiger partial charge >= 0.3 is 7.60 Å². The maximum Gasteiger partial charge on any atom is 0.369 e. The van der Waals surface area contributed by atoms with E-state index in [0.717, 1.165) is 0 Å². The lowest BCUT2D eigenvalue weighted by atomic mass is 10.3. The van der Waals surface area contributed by atoms with Crippen LogP contribution in [0.2, 0.25) is 0 Å². The van der Waals surface area contributed by atoms with Gasteiger partial charge in [-0.25, -0.2) is 0 Å². The number of carbonyl (C=O) groups is 1.